The Bertz CT molecular complexity index is 1130. The minimum Gasteiger partial charge on any atom is -0.327 e. The van der Waals surface area contributed by atoms with Gasteiger partial charge in [-0.25, -0.2) is 4.98 Å². The number of nitrogens with zero attached hydrogens (tertiary/aromatic N) is 5. The summed E-state index contributed by atoms with van der Waals surface area (Å²) in [6.45, 7) is 6.80. The zero-order valence-electron chi connectivity index (χ0n) is 21.2. The third-order valence-corrected chi connectivity index (χ3v) is 8.51. The Morgan fingerprint density at radius 2 is 1.97 bits per heavy atom. The van der Waals surface area contributed by atoms with Gasteiger partial charge in [-0.05, 0) is 94.8 Å². The maximum Gasteiger partial charge on any atom is 0.124 e. The zero-order chi connectivity index (χ0) is 23.6. The molecule has 6 rings (SSSR count). The SMILES string of the molecule is CN(Cc1nc2ccccc2n1C[C@H]1CCCN(C[C@H]2CCCN2)C1)C1CCCc2cccnc21. The molecule has 6 nitrogen and oxygen atoms in total. The molecular weight excluding hydrogens is 432 g/mol. The van der Waals surface area contributed by atoms with Crippen molar-refractivity contribution in [2.24, 2.45) is 5.92 Å². The van der Waals surface area contributed by atoms with Crippen molar-refractivity contribution in [1.29, 1.82) is 0 Å². The number of nitrogens with one attached hydrogen (secondary N) is 1. The van der Waals surface area contributed by atoms with E-state index in [2.05, 4.69) is 63.1 Å². The summed E-state index contributed by atoms with van der Waals surface area (Å²) in [7, 11) is 2.26. The fourth-order valence-corrected chi connectivity index (χ4v) is 6.75. The Kier molecular flexibility index (Phi) is 6.86. The maximum absolute atomic E-state index is 5.15. The number of piperidine rings is 1. The van der Waals surface area contributed by atoms with Crippen LogP contribution in [0.5, 0.6) is 0 Å². The van der Waals surface area contributed by atoms with E-state index in [4.69, 9.17) is 9.97 Å². The number of aromatic nitrogens is 3. The van der Waals surface area contributed by atoms with Crippen LogP contribution in [0.2, 0.25) is 0 Å². The highest BCUT2D eigenvalue weighted by atomic mass is 15.2. The van der Waals surface area contributed by atoms with E-state index in [1.807, 2.05) is 6.20 Å². The third-order valence-electron chi connectivity index (χ3n) is 8.51. The summed E-state index contributed by atoms with van der Waals surface area (Å²) in [4.78, 5) is 15.1. The molecule has 4 heterocycles. The van der Waals surface area contributed by atoms with Gasteiger partial charge < -0.3 is 14.8 Å². The average Bonchev–Trinajstić information content (AvgIpc) is 3.52. The van der Waals surface area contributed by atoms with Crippen molar-refractivity contribution in [2.45, 2.75) is 70.1 Å². The van der Waals surface area contributed by atoms with Gasteiger partial charge in [0.25, 0.3) is 0 Å². The van der Waals surface area contributed by atoms with Gasteiger partial charge in [0.05, 0.1) is 29.3 Å². The normalized spacial score (nSPS) is 25.4. The largest absolute Gasteiger partial charge is 0.327 e. The van der Waals surface area contributed by atoms with Gasteiger partial charge in [-0.1, -0.05) is 18.2 Å². The molecule has 0 radical (unpaired) electrons. The van der Waals surface area contributed by atoms with Crippen molar-refractivity contribution >= 4 is 11.0 Å². The first-order valence-electron chi connectivity index (χ1n) is 13.8. The van der Waals surface area contributed by atoms with Crippen LogP contribution in [0.15, 0.2) is 42.6 Å². The predicted octanol–water partition coefficient (Wildman–Crippen LogP) is 4.40. The van der Waals surface area contributed by atoms with Gasteiger partial charge in [0.2, 0.25) is 0 Å². The van der Waals surface area contributed by atoms with Crippen LogP contribution in [-0.4, -0.2) is 63.6 Å². The molecule has 1 N–H and O–H groups in total. The van der Waals surface area contributed by atoms with Crippen LogP contribution in [0.25, 0.3) is 11.0 Å². The summed E-state index contributed by atoms with van der Waals surface area (Å²) in [5, 5.41) is 3.69. The van der Waals surface area contributed by atoms with Crippen LogP contribution in [0.3, 0.4) is 0 Å². The van der Waals surface area contributed by atoms with Crippen LogP contribution in [0.1, 0.15) is 61.6 Å². The molecule has 6 heteroatoms. The van der Waals surface area contributed by atoms with Crippen LogP contribution >= 0.6 is 0 Å². The molecule has 1 unspecified atom stereocenters. The first kappa shape index (κ1) is 23.1. The quantitative estimate of drug-likeness (QED) is 0.552. The lowest BCUT2D eigenvalue weighted by Crippen LogP contribution is -2.43. The highest BCUT2D eigenvalue weighted by Gasteiger charge is 2.28. The highest BCUT2D eigenvalue weighted by molar-refractivity contribution is 5.75. The number of hydrogen-bond donors (Lipinski definition) is 1. The molecule has 186 valence electrons. The summed E-state index contributed by atoms with van der Waals surface area (Å²) in [6, 6.07) is 14.1. The van der Waals surface area contributed by atoms with E-state index in [0.717, 1.165) is 25.0 Å². The summed E-state index contributed by atoms with van der Waals surface area (Å²) in [5.74, 6) is 1.88. The maximum atomic E-state index is 5.15. The van der Waals surface area contributed by atoms with E-state index < -0.39 is 0 Å². The number of likely N-dealkylation sites (tertiary alicyclic amines) is 1. The number of para-hydroxylation sites is 2. The Balaban J connectivity index is 1.21. The Labute approximate surface area is 209 Å². The first-order chi connectivity index (χ1) is 17.2. The van der Waals surface area contributed by atoms with E-state index in [-0.39, 0.29) is 0 Å². The lowest BCUT2D eigenvalue weighted by atomic mass is 9.91. The van der Waals surface area contributed by atoms with E-state index in [9.17, 15) is 0 Å². The molecule has 1 aromatic carbocycles. The summed E-state index contributed by atoms with van der Waals surface area (Å²) in [6.07, 6.45) is 10.8. The van der Waals surface area contributed by atoms with E-state index in [0.29, 0.717) is 18.0 Å². The van der Waals surface area contributed by atoms with E-state index in [1.165, 1.54) is 87.3 Å². The second-order valence-electron chi connectivity index (χ2n) is 11.1. The summed E-state index contributed by atoms with van der Waals surface area (Å²) in [5.41, 5.74) is 5.10. The van der Waals surface area contributed by atoms with Crippen molar-refractivity contribution in [3.8, 4) is 0 Å². The molecule has 0 bridgehead atoms. The molecule has 2 fully saturated rings. The number of rotatable bonds is 7. The Morgan fingerprint density at radius 3 is 2.89 bits per heavy atom. The lowest BCUT2D eigenvalue weighted by Gasteiger charge is -2.35. The Hall–Kier alpha value is -2.28. The smallest absolute Gasteiger partial charge is 0.124 e. The number of benzene rings is 1. The van der Waals surface area contributed by atoms with Gasteiger partial charge >= 0.3 is 0 Å². The van der Waals surface area contributed by atoms with Gasteiger partial charge in [0.1, 0.15) is 5.82 Å². The van der Waals surface area contributed by atoms with Crippen LogP contribution < -0.4 is 5.32 Å². The molecule has 3 atom stereocenters. The van der Waals surface area contributed by atoms with Crippen LogP contribution in [0, 0.1) is 5.92 Å². The lowest BCUT2D eigenvalue weighted by molar-refractivity contribution is 0.149. The van der Waals surface area contributed by atoms with Gasteiger partial charge in [0, 0.05) is 31.9 Å². The van der Waals surface area contributed by atoms with E-state index >= 15 is 0 Å². The summed E-state index contributed by atoms with van der Waals surface area (Å²) >= 11 is 0. The fraction of sp³-hybridized carbons (Fsp3) is 0.586. The average molecular weight is 473 g/mol. The number of imidazole rings is 1. The standard InChI is InChI=1S/C29H40N6/c1-33(27-14-4-9-23-10-5-16-31-29(23)27)21-28-32-25-12-2-3-13-26(25)35(28)19-22-8-7-17-34(18-22)20-24-11-6-15-30-24/h2-3,5,10,12-13,16,22,24,27,30H,4,6-9,11,14-15,17-21H2,1H3/t22-,24+,27?/m0/s1. The van der Waals surface area contributed by atoms with Crippen molar-refractivity contribution < 1.29 is 0 Å². The topological polar surface area (TPSA) is 49.2 Å². The molecule has 3 aliphatic rings. The molecule has 2 aromatic heterocycles. The van der Waals surface area contributed by atoms with Gasteiger partial charge in [-0.3, -0.25) is 9.88 Å². The molecule has 2 aliphatic heterocycles. The fourth-order valence-electron chi connectivity index (χ4n) is 6.75. The third kappa shape index (κ3) is 5.02. The minimum atomic E-state index is 0.372. The Morgan fingerprint density at radius 1 is 1.03 bits per heavy atom. The molecular formula is C29H40N6. The van der Waals surface area contributed by atoms with Crippen LogP contribution in [-0.2, 0) is 19.5 Å². The molecule has 3 aromatic rings. The van der Waals surface area contributed by atoms with Crippen LogP contribution in [0.4, 0.5) is 0 Å². The van der Waals surface area contributed by atoms with Crippen molar-refractivity contribution in [2.75, 3.05) is 33.2 Å². The predicted molar refractivity (Wildman–Crippen MR) is 141 cm³/mol. The molecule has 2 saturated heterocycles. The van der Waals surface area contributed by atoms with Gasteiger partial charge in [-0.15, -0.1) is 0 Å². The minimum absolute atomic E-state index is 0.372. The number of hydrogen-bond acceptors (Lipinski definition) is 5. The molecule has 0 spiro atoms. The van der Waals surface area contributed by atoms with Gasteiger partial charge in [0.15, 0.2) is 0 Å². The highest BCUT2D eigenvalue weighted by Crippen LogP contribution is 2.33. The second kappa shape index (κ2) is 10.4. The molecule has 0 amide bonds. The molecule has 35 heavy (non-hydrogen) atoms. The number of aryl methyl sites for hydroxylation is 1. The zero-order valence-corrected chi connectivity index (χ0v) is 21.2. The molecule has 1 aliphatic carbocycles. The number of pyridine rings is 1. The monoisotopic (exact) mass is 472 g/mol. The summed E-state index contributed by atoms with van der Waals surface area (Å²) < 4.78 is 2.54. The van der Waals surface area contributed by atoms with Crippen molar-refractivity contribution in [3.05, 3.63) is 59.7 Å². The first-order valence-corrected chi connectivity index (χ1v) is 13.8. The van der Waals surface area contributed by atoms with Crippen molar-refractivity contribution in [1.82, 2.24) is 29.7 Å². The van der Waals surface area contributed by atoms with Gasteiger partial charge in [-0.2, -0.15) is 0 Å². The molecule has 0 saturated carbocycles. The van der Waals surface area contributed by atoms with E-state index in [1.54, 1.807) is 0 Å². The van der Waals surface area contributed by atoms with Crippen molar-refractivity contribution in [3.63, 3.8) is 0 Å². The second-order valence-corrected chi connectivity index (χ2v) is 11.1. The number of fused-ring (bicyclic) bond motifs is 2.